The quantitative estimate of drug-likeness (QED) is 0.387. The summed E-state index contributed by atoms with van der Waals surface area (Å²) in [6.07, 6.45) is 1.31. The predicted octanol–water partition coefficient (Wildman–Crippen LogP) is 2.32. The first-order valence-electron chi connectivity index (χ1n) is 8.36. The normalized spacial score (nSPS) is 10.5. The van der Waals surface area contributed by atoms with Crippen LogP contribution in [0, 0.1) is 10.1 Å². The highest BCUT2D eigenvalue weighted by atomic mass is 16.6. The summed E-state index contributed by atoms with van der Waals surface area (Å²) in [7, 11) is 5.77. The van der Waals surface area contributed by atoms with Crippen molar-refractivity contribution in [3.05, 3.63) is 51.6 Å². The third kappa shape index (κ3) is 5.34. The molecule has 0 radical (unpaired) electrons. The highest BCUT2D eigenvalue weighted by Gasteiger charge is 2.19. The van der Waals surface area contributed by atoms with Gasteiger partial charge in [0.05, 0.1) is 46.0 Å². The first-order chi connectivity index (χ1) is 13.9. The van der Waals surface area contributed by atoms with Gasteiger partial charge in [-0.05, 0) is 17.7 Å². The Labute approximate surface area is 167 Å². The number of hydrazone groups is 1. The minimum Gasteiger partial charge on any atom is -0.496 e. The van der Waals surface area contributed by atoms with Gasteiger partial charge in [0.15, 0.2) is 11.5 Å². The summed E-state index contributed by atoms with van der Waals surface area (Å²) in [5.74, 6) is 1.06. The highest BCUT2D eigenvalue weighted by molar-refractivity contribution is 5.87. The smallest absolute Gasteiger partial charge is 0.311 e. The molecule has 154 valence electrons. The van der Waals surface area contributed by atoms with Crippen molar-refractivity contribution in [3.8, 4) is 23.0 Å². The number of carbonyl (C=O) groups excluding carboxylic acids is 1. The van der Waals surface area contributed by atoms with Crippen LogP contribution in [-0.4, -0.2) is 45.5 Å². The molecule has 0 aliphatic carbocycles. The zero-order valence-corrected chi connectivity index (χ0v) is 16.4. The van der Waals surface area contributed by atoms with Crippen molar-refractivity contribution in [1.29, 1.82) is 0 Å². The fraction of sp³-hybridized carbons (Fsp3) is 0.263. The van der Waals surface area contributed by atoms with E-state index in [2.05, 4.69) is 10.5 Å². The Morgan fingerprint density at radius 3 is 2.24 bits per heavy atom. The van der Waals surface area contributed by atoms with E-state index in [9.17, 15) is 14.9 Å². The first-order valence-corrected chi connectivity index (χ1v) is 8.36. The first kappa shape index (κ1) is 21.5. The summed E-state index contributed by atoms with van der Waals surface area (Å²) >= 11 is 0. The van der Waals surface area contributed by atoms with Crippen molar-refractivity contribution < 1.29 is 28.7 Å². The number of hydrogen-bond donors (Lipinski definition) is 1. The van der Waals surface area contributed by atoms with Gasteiger partial charge in [0, 0.05) is 17.7 Å². The highest BCUT2D eigenvalue weighted by Crippen LogP contribution is 2.33. The van der Waals surface area contributed by atoms with Gasteiger partial charge in [-0.25, -0.2) is 5.43 Å². The number of nitrogens with one attached hydrogen (secondary N) is 1. The lowest BCUT2D eigenvalue weighted by Crippen LogP contribution is -2.19. The van der Waals surface area contributed by atoms with E-state index >= 15 is 0 Å². The van der Waals surface area contributed by atoms with Crippen molar-refractivity contribution in [2.75, 3.05) is 28.4 Å². The number of hydrogen-bond acceptors (Lipinski definition) is 8. The average Bonchev–Trinajstić information content (AvgIpc) is 2.72. The molecule has 2 rings (SSSR count). The molecule has 0 unspecified atom stereocenters. The fourth-order valence-electron chi connectivity index (χ4n) is 2.54. The lowest BCUT2D eigenvalue weighted by Gasteiger charge is -2.09. The van der Waals surface area contributed by atoms with Crippen molar-refractivity contribution in [2.45, 2.75) is 6.42 Å². The zero-order valence-electron chi connectivity index (χ0n) is 16.4. The lowest BCUT2D eigenvalue weighted by atomic mass is 10.1. The molecule has 0 fully saturated rings. The number of amides is 1. The topological polar surface area (TPSA) is 122 Å². The molecule has 0 aliphatic rings. The summed E-state index contributed by atoms with van der Waals surface area (Å²) in [6.45, 7) is 0. The van der Waals surface area contributed by atoms with Gasteiger partial charge in [-0.1, -0.05) is 6.07 Å². The molecule has 0 aliphatic heterocycles. The van der Waals surface area contributed by atoms with Crippen molar-refractivity contribution in [2.24, 2.45) is 5.10 Å². The molecular weight excluding hydrogens is 382 g/mol. The molecule has 2 aromatic rings. The van der Waals surface area contributed by atoms with Gasteiger partial charge < -0.3 is 18.9 Å². The van der Waals surface area contributed by atoms with Gasteiger partial charge in [0.2, 0.25) is 11.7 Å². The number of nitro groups is 1. The van der Waals surface area contributed by atoms with E-state index in [4.69, 9.17) is 18.9 Å². The number of nitro benzene ring substituents is 1. The molecule has 0 spiro atoms. The molecule has 0 saturated heterocycles. The number of ether oxygens (including phenoxy) is 4. The zero-order chi connectivity index (χ0) is 21.4. The second-order valence-electron chi connectivity index (χ2n) is 5.68. The van der Waals surface area contributed by atoms with Gasteiger partial charge in [-0.15, -0.1) is 0 Å². The molecule has 0 aromatic heterocycles. The van der Waals surface area contributed by atoms with Crippen LogP contribution in [0.25, 0.3) is 0 Å². The SMILES string of the molecule is COc1cc(OC)c([N+](=O)[O-])cc1/C=N/NC(=O)Cc1ccc(OC)c(OC)c1. The van der Waals surface area contributed by atoms with Crippen LogP contribution in [0.3, 0.4) is 0 Å². The van der Waals surface area contributed by atoms with Crippen LogP contribution in [0.2, 0.25) is 0 Å². The molecule has 0 heterocycles. The maximum Gasteiger partial charge on any atom is 0.311 e. The van der Waals surface area contributed by atoms with Crippen LogP contribution < -0.4 is 24.4 Å². The number of rotatable bonds is 9. The van der Waals surface area contributed by atoms with Gasteiger partial charge in [-0.2, -0.15) is 5.10 Å². The predicted molar refractivity (Wildman–Crippen MR) is 105 cm³/mol. The van der Waals surface area contributed by atoms with E-state index in [1.54, 1.807) is 18.2 Å². The molecule has 1 N–H and O–H groups in total. The maximum absolute atomic E-state index is 12.1. The molecule has 29 heavy (non-hydrogen) atoms. The summed E-state index contributed by atoms with van der Waals surface area (Å²) < 4.78 is 20.5. The average molecular weight is 403 g/mol. The monoisotopic (exact) mass is 403 g/mol. The Bertz CT molecular complexity index is 928. The van der Waals surface area contributed by atoms with Crippen LogP contribution in [0.5, 0.6) is 23.0 Å². The summed E-state index contributed by atoms with van der Waals surface area (Å²) in [5.41, 5.74) is 3.15. The second kappa shape index (κ2) is 9.93. The Morgan fingerprint density at radius 1 is 1.00 bits per heavy atom. The summed E-state index contributed by atoms with van der Waals surface area (Å²) in [5, 5.41) is 15.0. The minimum absolute atomic E-state index is 0.0532. The Kier molecular flexibility index (Phi) is 7.35. The standard InChI is InChI=1S/C19H21N3O7/c1-26-15-6-5-12(7-18(15)29-4)8-19(23)21-20-11-13-9-14(22(24)25)17(28-3)10-16(13)27-2/h5-7,9-11H,8H2,1-4H3,(H,21,23)/b20-11+. The van der Waals surface area contributed by atoms with E-state index < -0.39 is 4.92 Å². The number of methoxy groups -OCH3 is 4. The second-order valence-corrected chi connectivity index (χ2v) is 5.68. The Morgan fingerprint density at radius 2 is 1.66 bits per heavy atom. The Balaban J connectivity index is 2.12. The van der Waals surface area contributed by atoms with Crippen LogP contribution in [-0.2, 0) is 11.2 Å². The van der Waals surface area contributed by atoms with Gasteiger partial charge in [-0.3, -0.25) is 14.9 Å². The van der Waals surface area contributed by atoms with E-state index in [0.29, 0.717) is 28.4 Å². The van der Waals surface area contributed by atoms with Crippen LogP contribution in [0.4, 0.5) is 5.69 Å². The van der Waals surface area contributed by atoms with E-state index in [0.717, 1.165) is 0 Å². The molecule has 0 saturated carbocycles. The van der Waals surface area contributed by atoms with E-state index in [1.165, 1.54) is 46.8 Å². The van der Waals surface area contributed by atoms with Gasteiger partial charge in [0.25, 0.3) is 0 Å². The van der Waals surface area contributed by atoms with Crippen molar-refractivity contribution in [3.63, 3.8) is 0 Å². The van der Waals surface area contributed by atoms with Crippen molar-refractivity contribution in [1.82, 2.24) is 5.43 Å². The van der Waals surface area contributed by atoms with E-state index in [-0.39, 0.29) is 23.8 Å². The number of nitrogens with zero attached hydrogens (tertiary/aromatic N) is 2. The number of carbonyl (C=O) groups is 1. The molecule has 1 amide bonds. The molecule has 10 nitrogen and oxygen atoms in total. The summed E-state index contributed by atoms with van der Waals surface area (Å²) in [6, 6.07) is 7.76. The Hall–Kier alpha value is -3.82. The maximum atomic E-state index is 12.1. The lowest BCUT2D eigenvalue weighted by molar-refractivity contribution is -0.385. The largest absolute Gasteiger partial charge is 0.496 e. The third-order valence-electron chi connectivity index (χ3n) is 3.93. The van der Waals surface area contributed by atoms with Gasteiger partial charge >= 0.3 is 5.69 Å². The van der Waals surface area contributed by atoms with E-state index in [1.807, 2.05) is 0 Å². The molecule has 0 atom stereocenters. The summed E-state index contributed by atoms with van der Waals surface area (Å²) in [4.78, 5) is 22.7. The molecule has 0 bridgehead atoms. The molecular formula is C19H21N3O7. The van der Waals surface area contributed by atoms with Crippen molar-refractivity contribution >= 4 is 17.8 Å². The van der Waals surface area contributed by atoms with Crippen LogP contribution in [0.15, 0.2) is 35.4 Å². The molecule has 10 heteroatoms. The van der Waals surface area contributed by atoms with Crippen LogP contribution >= 0.6 is 0 Å². The minimum atomic E-state index is -0.578. The third-order valence-corrected chi connectivity index (χ3v) is 3.93. The van der Waals surface area contributed by atoms with Gasteiger partial charge in [0.1, 0.15) is 5.75 Å². The fourth-order valence-corrected chi connectivity index (χ4v) is 2.54. The molecule has 2 aromatic carbocycles. The number of benzene rings is 2. The van der Waals surface area contributed by atoms with Crippen LogP contribution in [0.1, 0.15) is 11.1 Å².